The molecule has 1 unspecified atom stereocenters. The van der Waals surface area contributed by atoms with Gasteiger partial charge in [-0.3, -0.25) is 4.79 Å². The standard InChI is InChI=1S/C19H14O4/c20-15-8-6-12(9-17(15)22)18-10-16(21)14-7-5-11-3-1-2-4-13(11)19(14)23-18/h1-9,18,20,22H,10H2. The van der Waals surface area contributed by atoms with E-state index in [1.165, 1.54) is 12.1 Å². The molecule has 4 nitrogen and oxygen atoms in total. The largest absolute Gasteiger partial charge is 0.504 e. The van der Waals surface area contributed by atoms with Gasteiger partial charge in [0.2, 0.25) is 0 Å². The number of ether oxygens (including phenoxy) is 1. The van der Waals surface area contributed by atoms with Crippen LogP contribution in [-0.4, -0.2) is 16.0 Å². The van der Waals surface area contributed by atoms with Gasteiger partial charge in [-0.2, -0.15) is 0 Å². The van der Waals surface area contributed by atoms with E-state index < -0.39 is 6.10 Å². The molecule has 3 aromatic rings. The zero-order valence-corrected chi connectivity index (χ0v) is 12.2. The van der Waals surface area contributed by atoms with Crippen molar-refractivity contribution in [1.82, 2.24) is 0 Å². The number of carbonyl (C=O) groups is 1. The number of ketones is 1. The molecule has 3 aromatic carbocycles. The molecule has 1 atom stereocenters. The van der Waals surface area contributed by atoms with Gasteiger partial charge in [0.1, 0.15) is 11.9 Å². The first-order chi connectivity index (χ1) is 11.1. The van der Waals surface area contributed by atoms with Crippen LogP contribution >= 0.6 is 0 Å². The molecule has 0 aliphatic carbocycles. The summed E-state index contributed by atoms with van der Waals surface area (Å²) >= 11 is 0. The van der Waals surface area contributed by atoms with Crippen molar-refractivity contribution >= 4 is 16.6 Å². The molecule has 2 N–H and O–H groups in total. The fraction of sp³-hybridized carbons (Fsp3) is 0.105. The number of phenolic OH excluding ortho intramolecular Hbond substituents is 2. The summed E-state index contributed by atoms with van der Waals surface area (Å²) in [6.07, 6.45) is -0.275. The lowest BCUT2D eigenvalue weighted by Gasteiger charge is -2.26. The van der Waals surface area contributed by atoms with Crippen LogP contribution in [0.1, 0.15) is 28.4 Å². The van der Waals surface area contributed by atoms with Gasteiger partial charge in [0, 0.05) is 5.39 Å². The molecule has 4 rings (SSSR count). The zero-order chi connectivity index (χ0) is 16.0. The average Bonchev–Trinajstić information content (AvgIpc) is 2.57. The Morgan fingerprint density at radius 1 is 0.957 bits per heavy atom. The second kappa shape index (κ2) is 5.02. The molecule has 4 heteroatoms. The van der Waals surface area contributed by atoms with Crippen molar-refractivity contribution in [2.45, 2.75) is 12.5 Å². The van der Waals surface area contributed by atoms with Crippen molar-refractivity contribution in [1.29, 1.82) is 0 Å². The number of benzene rings is 3. The van der Waals surface area contributed by atoms with Gasteiger partial charge in [0.15, 0.2) is 17.3 Å². The monoisotopic (exact) mass is 306 g/mol. The molecule has 0 radical (unpaired) electrons. The maximum atomic E-state index is 12.5. The van der Waals surface area contributed by atoms with E-state index in [1.54, 1.807) is 12.1 Å². The van der Waals surface area contributed by atoms with Gasteiger partial charge in [-0.15, -0.1) is 0 Å². The Labute approximate surface area is 132 Å². The number of Topliss-reactive ketones (excluding diaryl/α,β-unsaturated/α-hetero) is 1. The highest BCUT2D eigenvalue weighted by atomic mass is 16.5. The molecule has 0 spiro atoms. The molecule has 0 saturated heterocycles. The number of rotatable bonds is 1. The predicted molar refractivity (Wildman–Crippen MR) is 86.0 cm³/mol. The van der Waals surface area contributed by atoms with Crippen LogP contribution in [0.4, 0.5) is 0 Å². The maximum Gasteiger partial charge on any atom is 0.170 e. The van der Waals surface area contributed by atoms with Gasteiger partial charge < -0.3 is 14.9 Å². The van der Waals surface area contributed by atoms with Crippen LogP contribution in [-0.2, 0) is 0 Å². The highest BCUT2D eigenvalue weighted by Gasteiger charge is 2.29. The molecule has 0 saturated carbocycles. The van der Waals surface area contributed by atoms with E-state index in [0.29, 0.717) is 16.9 Å². The van der Waals surface area contributed by atoms with Crippen molar-refractivity contribution in [2.75, 3.05) is 0 Å². The first-order valence-electron chi connectivity index (χ1n) is 7.37. The summed E-state index contributed by atoms with van der Waals surface area (Å²) in [5, 5.41) is 21.0. The normalized spacial score (nSPS) is 16.9. The van der Waals surface area contributed by atoms with E-state index in [0.717, 1.165) is 10.8 Å². The number of phenols is 2. The first-order valence-corrected chi connectivity index (χ1v) is 7.37. The number of hydrogen-bond donors (Lipinski definition) is 2. The number of hydrogen-bond acceptors (Lipinski definition) is 4. The van der Waals surface area contributed by atoms with E-state index in [4.69, 9.17) is 4.74 Å². The van der Waals surface area contributed by atoms with Crippen molar-refractivity contribution in [3.63, 3.8) is 0 Å². The quantitative estimate of drug-likeness (QED) is 0.668. The van der Waals surface area contributed by atoms with E-state index >= 15 is 0 Å². The van der Waals surface area contributed by atoms with Crippen LogP contribution in [0.3, 0.4) is 0 Å². The fourth-order valence-electron chi connectivity index (χ4n) is 2.98. The Kier molecular flexibility index (Phi) is 2.98. The second-order valence-electron chi connectivity index (χ2n) is 5.65. The van der Waals surface area contributed by atoms with Gasteiger partial charge in [-0.1, -0.05) is 36.4 Å². The lowest BCUT2D eigenvalue weighted by Crippen LogP contribution is -2.20. The molecule has 0 bridgehead atoms. The summed E-state index contributed by atoms with van der Waals surface area (Å²) in [6, 6.07) is 16.0. The minimum Gasteiger partial charge on any atom is -0.504 e. The molecule has 114 valence electrons. The lowest BCUT2D eigenvalue weighted by molar-refractivity contribution is 0.0853. The molecule has 1 aliphatic heterocycles. The topological polar surface area (TPSA) is 66.8 Å². The summed E-state index contributed by atoms with van der Waals surface area (Å²) in [4.78, 5) is 12.5. The van der Waals surface area contributed by atoms with Crippen LogP contribution in [0.5, 0.6) is 17.2 Å². The van der Waals surface area contributed by atoms with Crippen molar-refractivity contribution in [3.05, 3.63) is 65.7 Å². The van der Waals surface area contributed by atoms with Crippen LogP contribution in [0.25, 0.3) is 10.8 Å². The maximum absolute atomic E-state index is 12.5. The summed E-state index contributed by atoms with van der Waals surface area (Å²) in [7, 11) is 0. The number of carbonyl (C=O) groups excluding carboxylic acids is 1. The summed E-state index contributed by atoms with van der Waals surface area (Å²) in [5.41, 5.74) is 1.25. The van der Waals surface area contributed by atoms with Crippen LogP contribution in [0.2, 0.25) is 0 Å². The first kappa shape index (κ1) is 13.6. The third kappa shape index (κ3) is 2.19. The van der Waals surface area contributed by atoms with Crippen LogP contribution in [0, 0.1) is 0 Å². The lowest BCUT2D eigenvalue weighted by atomic mass is 9.93. The van der Waals surface area contributed by atoms with Gasteiger partial charge >= 0.3 is 0 Å². The third-order valence-electron chi connectivity index (χ3n) is 4.18. The second-order valence-corrected chi connectivity index (χ2v) is 5.65. The molecule has 1 heterocycles. The number of aromatic hydroxyl groups is 2. The van der Waals surface area contributed by atoms with Gasteiger partial charge in [-0.05, 0) is 29.1 Å². The van der Waals surface area contributed by atoms with Crippen LogP contribution < -0.4 is 4.74 Å². The van der Waals surface area contributed by atoms with E-state index in [9.17, 15) is 15.0 Å². The molecule has 23 heavy (non-hydrogen) atoms. The minimum absolute atomic E-state index is 0.00886. The van der Waals surface area contributed by atoms with E-state index in [1.807, 2.05) is 30.3 Å². The van der Waals surface area contributed by atoms with Gasteiger partial charge in [-0.25, -0.2) is 0 Å². The molecular weight excluding hydrogens is 292 g/mol. The Balaban J connectivity index is 1.83. The van der Waals surface area contributed by atoms with Crippen molar-refractivity contribution < 1.29 is 19.7 Å². The Bertz CT molecular complexity index is 930. The van der Waals surface area contributed by atoms with Crippen molar-refractivity contribution in [3.8, 4) is 17.2 Å². The molecular formula is C19H14O4. The molecule has 0 aromatic heterocycles. The number of fused-ring (bicyclic) bond motifs is 3. The Morgan fingerprint density at radius 2 is 1.78 bits per heavy atom. The van der Waals surface area contributed by atoms with Crippen LogP contribution in [0.15, 0.2) is 54.6 Å². The van der Waals surface area contributed by atoms with E-state index in [2.05, 4.69) is 0 Å². The fourth-order valence-corrected chi connectivity index (χ4v) is 2.98. The zero-order valence-electron chi connectivity index (χ0n) is 12.2. The third-order valence-corrected chi connectivity index (χ3v) is 4.18. The average molecular weight is 306 g/mol. The highest BCUT2D eigenvalue weighted by Crippen LogP contribution is 2.41. The molecule has 1 aliphatic rings. The Morgan fingerprint density at radius 3 is 2.61 bits per heavy atom. The summed E-state index contributed by atoms with van der Waals surface area (Å²) < 4.78 is 6.08. The van der Waals surface area contributed by atoms with E-state index in [-0.39, 0.29) is 23.7 Å². The summed E-state index contributed by atoms with van der Waals surface area (Å²) in [6.45, 7) is 0. The minimum atomic E-state index is -0.479. The molecule has 0 amide bonds. The Hall–Kier alpha value is -3.01. The molecule has 0 fully saturated rings. The smallest absolute Gasteiger partial charge is 0.170 e. The predicted octanol–water partition coefficient (Wildman–Crippen LogP) is 3.96. The van der Waals surface area contributed by atoms with Gasteiger partial charge in [0.25, 0.3) is 0 Å². The SMILES string of the molecule is O=C1CC(c2ccc(O)c(O)c2)Oc2c1ccc1ccccc21. The van der Waals surface area contributed by atoms with Gasteiger partial charge in [0.05, 0.1) is 12.0 Å². The summed E-state index contributed by atoms with van der Waals surface area (Å²) in [5.74, 6) is 0.176. The van der Waals surface area contributed by atoms with Crippen molar-refractivity contribution in [2.24, 2.45) is 0 Å². The highest BCUT2D eigenvalue weighted by molar-refractivity contribution is 6.06.